The van der Waals surface area contributed by atoms with Crippen molar-refractivity contribution in [2.75, 3.05) is 0 Å². The summed E-state index contributed by atoms with van der Waals surface area (Å²) in [6.45, 7) is 0. The monoisotopic (exact) mass is 280 g/mol. The molecule has 0 unspecified atom stereocenters. The van der Waals surface area contributed by atoms with Crippen molar-refractivity contribution in [2.24, 2.45) is 0 Å². The van der Waals surface area contributed by atoms with Gasteiger partial charge in [-0.25, -0.2) is 0 Å². The first-order valence-electron chi connectivity index (χ1n) is 7.55. The van der Waals surface area contributed by atoms with Gasteiger partial charge in [-0.2, -0.15) is 0 Å². The summed E-state index contributed by atoms with van der Waals surface area (Å²) in [5.41, 5.74) is 2.51. The van der Waals surface area contributed by atoms with E-state index in [0.29, 0.717) is 0 Å². The topological polar surface area (TPSA) is 0 Å². The fourth-order valence-electron chi connectivity index (χ4n) is 2.97. The molecule has 0 fully saturated rings. The van der Waals surface area contributed by atoms with Crippen molar-refractivity contribution >= 4 is 33.7 Å². The van der Waals surface area contributed by atoms with Gasteiger partial charge in [-0.05, 0) is 32.7 Å². The summed E-state index contributed by atoms with van der Waals surface area (Å²) >= 11 is 0. The van der Waals surface area contributed by atoms with Gasteiger partial charge in [-0.15, -0.1) is 0 Å². The van der Waals surface area contributed by atoms with Crippen LogP contribution in [-0.2, 0) is 0 Å². The third-order valence-corrected chi connectivity index (χ3v) is 4.09. The van der Waals surface area contributed by atoms with Crippen LogP contribution in [0.1, 0.15) is 11.1 Å². The number of hydrogen-bond acceptors (Lipinski definition) is 0. The Morgan fingerprint density at radius 3 is 1.32 bits per heavy atom. The zero-order valence-corrected chi connectivity index (χ0v) is 12.2. The highest BCUT2D eigenvalue weighted by Gasteiger charge is 1.99. The standard InChI is InChI=1S/C22H16/c1-3-13-21-17(7-1)9-5-11-19(21)15-16-20-12-6-10-18-8-2-4-14-22(18)20/h1-16H/b16-15-. The van der Waals surface area contributed by atoms with Gasteiger partial charge in [0.15, 0.2) is 0 Å². The predicted octanol–water partition coefficient (Wildman–Crippen LogP) is 6.16. The summed E-state index contributed by atoms with van der Waals surface area (Å²) in [5.74, 6) is 0. The zero-order chi connectivity index (χ0) is 14.8. The zero-order valence-electron chi connectivity index (χ0n) is 12.2. The maximum atomic E-state index is 2.21. The lowest BCUT2D eigenvalue weighted by atomic mass is 10.0. The summed E-state index contributed by atoms with van der Waals surface area (Å²) in [4.78, 5) is 0. The van der Waals surface area contributed by atoms with Crippen LogP contribution >= 0.6 is 0 Å². The van der Waals surface area contributed by atoms with Gasteiger partial charge in [0.1, 0.15) is 0 Å². The van der Waals surface area contributed by atoms with Crippen LogP contribution in [0, 0.1) is 0 Å². The minimum absolute atomic E-state index is 1.26. The molecule has 0 heterocycles. The van der Waals surface area contributed by atoms with Crippen LogP contribution in [0.5, 0.6) is 0 Å². The molecule has 0 saturated carbocycles. The van der Waals surface area contributed by atoms with Crippen molar-refractivity contribution < 1.29 is 0 Å². The molecule has 0 radical (unpaired) electrons. The lowest BCUT2D eigenvalue weighted by molar-refractivity contribution is 1.70. The first-order valence-corrected chi connectivity index (χ1v) is 7.55. The second kappa shape index (κ2) is 5.50. The van der Waals surface area contributed by atoms with E-state index in [2.05, 4.69) is 97.1 Å². The molecular weight excluding hydrogens is 264 g/mol. The van der Waals surface area contributed by atoms with E-state index in [9.17, 15) is 0 Å². The van der Waals surface area contributed by atoms with Gasteiger partial charge in [-0.3, -0.25) is 0 Å². The van der Waals surface area contributed by atoms with E-state index in [1.54, 1.807) is 0 Å². The molecule has 0 N–H and O–H groups in total. The van der Waals surface area contributed by atoms with E-state index in [0.717, 1.165) is 0 Å². The molecule has 0 aliphatic carbocycles. The van der Waals surface area contributed by atoms with Crippen LogP contribution in [0.25, 0.3) is 33.7 Å². The van der Waals surface area contributed by atoms with Gasteiger partial charge >= 0.3 is 0 Å². The van der Waals surface area contributed by atoms with Crippen molar-refractivity contribution in [2.45, 2.75) is 0 Å². The smallest absolute Gasteiger partial charge is 0.0111 e. The molecule has 104 valence electrons. The van der Waals surface area contributed by atoms with E-state index in [-0.39, 0.29) is 0 Å². The molecule has 0 atom stereocenters. The SMILES string of the molecule is C(=C/c1cccc2ccccc12)/c1cccc2ccccc12. The lowest BCUT2D eigenvalue weighted by Crippen LogP contribution is -1.79. The fraction of sp³-hybridized carbons (Fsp3) is 0. The van der Waals surface area contributed by atoms with E-state index in [1.165, 1.54) is 32.7 Å². The minimum Gasteiger partial charge on any atom is -0.0616 e. The Bertz CT molecular complexity index is 885. The summed E-state index contributed by atoms with van der Waals surface area (Å²) in [6, 6.07) is 29.9. The third-order valence-electron chi connectivity index (χ3n) is 4.09. The van der Waals surface area contributed by atoms with Crippen LogP contribution in [-0.4, -0.2) is 0 Å². The van der Waals surface area contributed by atoms with Crippen molar-refractivity contribution in [1.29, 1.82) is 0 Å². The minimum atomic E-state index is 1.26. The van der Waals surface area contributed by atoms with Crippen molar-refractivity contribution in [1.82, 2.24) is 0 Å². The van der Waals surface area contributed by atoms with Gasteiger partial charge in [0.25, 0.3) is 0 Å². The van der Waals surface area contributed by atoms with E-state index >= 15 is 0 Å². The highest BCUT2D eigenvalue weighted by atomic mass is 14.0. The molecule has 0 aromatic heterocycles. The Balaban J connectivity index is 1.83. The van der Waals surface area contributed by atoms with E-state index in [1.807, 2.05) is 0 Å². The number of fused-ring (bicyclic) bond motifs is 2. The highest BCUT2D eigenvalue weighted by molar-refractivity contribution is 5.96. The van der Waals surface area contributed by atoms with Crippen LogP contribution in [0.3, 0.4) is 0 Å². The maximum Gasteiger partial charge on any atom is -0.0111 e. The van der Waals surface area contributed by atoms with Crippen molar-refractivity contribution in [3.63, 3.8) is 0 Å². The summed E-state index contributed by atoms with van der Waals surface area (Å²) in [5, 5.41) is 5.15. The Kier molecular flexibility index (Phi) is 3.21. The van der Waals surface area contributed by atoms with Crippen molar-refractivity contribution in [3.8, 4) is 0 Å². The number of rotatable bonds is 2. The molecule has 4 aromatic carbocycles. The molecule has 0 amide bonds. The molecule has 0 nitrogen and oxygen atoms in total. The molecule has 0 spiro atoms. The van der Waals surface area contributed by atoms with Gasteiger partial charge in [0.05, 0.1) is 0 Å². The number of hydrogen-bond donors (Lipinski definition) is 0. The first-order chi connectivity index (χ1) is 10.9. The molecule has 4 aromatic rings. The van der Waals surface area contributed by atoms with E-state index < -0.39 is 0 Å². The summed E-state index contributed by atoms with van der Waals surface area (Å²) in [7, 11) is 0. The van der Waals surface area contributed by atoms with Gasteiger partial charge in [0.2, 0.25) is 0 Å². The summed E-state index contributed by atoms with van der Waals surface area (Å²) < 4.78 is 0. The summed E-state index contributed by atoms with van der Waals surface area (Å²) in [6.07, 6.45) is 4.42. The fourth-order valence-corrected chi connectivity index (χ4v) is 2.97. The molecule has 0 saturated heterocycles. The van der Waals surface area contributed by atoms with E-state index in [4.69, 9.17) is 0 Å². The molecule has 0 aliphatic rings. The lowest BCUT2D eigenvalue weighted by Gasteiger charge is -2.04. The second-order valence-electron chi connectivity index (χ2n) is 5.47. The first kappa shape index (κ1) is 12.8. The van der Waals surface area contributed by atoms with Gasteiger partial charge in [0, 0.05) is 0 Å². The maximum absolute atomic E-state index is 2.21. The van der Waals surface area contributed by atoms with Gasteiger partial charge < -0.3 is 0 Å². The van der Waals surface area contributed by atoms with Crippen LogP contribution < -0.4 is 0 Å². The van der Waals surface area contributed by atoms with Crippen molar-refractivity contribution in [3.05, 3.63) is 96.1 Å². The predicted molar refractivity (Wildman–Crippen MR) is 96.8 cm³/mol. The molecule has 4 rings (SSSR count). The second-order valence-corrected chi connectivity index (χ2v) is 5.47. The third kappa shape index (κ3) is 2.29. The van der Waals surface area contributed by atoms with Crippen LogP contribution in [0.4, 0.5) is 0 Å². The molecule has 0 heteroatoms. The Morgan fingerprint density at radius 2 is 0.818 bits per heavy atom. The largest absolute Gasteiger partial charge is 0.0616 e. The molecule has 22 heavy (non-hydrogen) atoms. The quantitative estimate of drug-likeness (QED) is 0.385. The molecule has 0 aliphatic heterocycles. The average Bonchev–Trinajstić information content (AvgIpc) is 2.60. The van der Waals surface area contributed by atoms with Gasteiger partial charge in [-0.1, -0.05) is 97.1 Å². The Labute approximate surface area is 130 Å². The normalized spacial score (nSPS) is 11.5. The average molecular weight is 280 g/mol. The molecule has 0 bridgehead atoms. The Hall–Kier alpha value is -2.86. The van der Waals surface area contributed by atoms with Crippen LogP contribution in [0.2, 0.25) is 0 Å². The van der Waals surface area contributed by atoms with Crippen LogP contribution in [0.15, 0.2) is 84.9 Å². The number of benzene rings is 4. The highest BCUT2D eigenvalue weighted by Crippen LogP contribution is 2.23. The molecular formula is C22H16. The Morgan fingerprint density at radius 1 is 0.409 bits per heavy atom.